The zero-order valence-electron chi connectivity index (χ0n) is 6.41. The van der Waals surface area contributed by atoms with E-state index in [0.717, 1.165) is 0 Å². The first kappa shape index (κ1) is 13.1. The van der Waals surface area contributed by atoms with Crippen molar-refractivity contribution >= 4 is 30.3 Å². The van der Waals surface area contributed by atoms with Gasteiger partial charge in [0.2, 0.25) is 11.2 Å². The first-order valence-corrected chi connectivity index (χ1v) is 7.45. The van der Waals surface area contributed by atoms with E-state index >= 15 is 0 Å². The Bertz CT molecular complexity index is 309. The average molecular weight is 288 g/mol. The van der Waals surface area contributed by atoms with Crippen LogP contribution in [0.25, 0.3) is 0 Å². The van der Waals surface area contributed by atoms with Gasteiger partial charge in [-0.1, -0.05) is 0 Å². The van der Waals surface area contributed by atoms with Crippen molar-refractivity contribution < 1.29 is 20.7 Å². The predicted octanol–water partition coefficient (Wildman–Crippen LogP) is 2.72. The molecular weight excluding hydrogens is 282 g/mol. The molecule has 0 bridgehead atoms. The van der Waals surface area contributed by atoms with Crippen LogP contribution in [-0.4, -0.2) is 5.11 Å². The van der Waals surface area contributed by atoms with Crippen LogP contribution in [0.15, 0.2) is 21.5 Å². The van der Waals surface area contributed by atoms with Gasteiger partial charge in [0.05, 0.1) is 6.26 Å². The third kappa shape index (κ3) is 6.24. The quantitative estimate of drug-likeness (QED) is 0.747. The molecular formula is C6H6Cl3FeO3. The number of halogens is 3. The van der Waals surface area contributed by atoms with Gasteiger partial charge < -0.3 is 9.52 Å². The van der Waals surface area contributed by atoms with Crippen molar-refractivity contribution in [3.63, 3.8) is 0 Å². The summed E-state index contributed by atoms with van der Waals surface area (Å²) in [4.78, 5) is 10.5. The Balaban J connectivity index is 0.000000310. The van der Waals surface area contributed by atoms with Gasteiger partial charge in [0.1, 0.15) is 5.76 Å². The van der Waals surface area contributed by atoms with Crippen molar-refractivity contribution in [3.05, 3.63) is 28.3 Å². The molecule has 1 rings (SSSR count). The molecule has 0 saturated carbocycles. The molecule has 7 heteroatoms. The molecule has 0 unspecified atom stereocenters. The van der Waals surface area contributed by atoms with Crippen LogP contribution in [0.4, 0.5) is 0 Å². The molecule has 3 nitrogen and oxygen atoms in total. The fourth-order valence-corrected chi connectivity index (χ4v) is 0.506. The molecule has 1 N–H and O–H groups in total. The second-order valence-electron chi connectivity index (χ2n) is 1.84. The van der Waals surface area contributed by atoms with Gasteiger partial charge in [0.25, 0.3) is 0 Å². The van der Waals surface area contributed by atoms with Crippen LogP contribution in [0.1, 0.15) is 5.76 Å². The molecule has 0 amide bonds. The van der Waals surface area contributed by atoms with Crippen LogP contribution in [-0.2, 0) is 11.2 Å². The Morgan fingerprint density at radius 2 is 1.92 bits per heavy atom. The average Bonchev–Trinajstić information content (AvgIpc) is 1.99. The van der Waals surface area contributed by atoms with Gasteiger partial charge in [0, 0.05) is 6.07 Å². The van der Waals surface area contributed by atoms with Gasteiger partial charge in [-0.15, -0.1) is 0 Å². The molecule has 1 aromatic rings. The molecule has 1 heterocycles. The van der Waals surface area contributed by atoms with Gasteiger partial charge in [-0.3, -0.25) is 4.79 Å². The van der Waals surface area contributed by atoms with Crippen LogP contribution in [0.5, 0.6) is 5.75 Å². The molecule has 0 fully saturated rings. The molecule has 0 aliphatic rings. The third-order valence-electron chi connectivity index (χ3n) is 1.03. The molecule has 0 spiro atoms. The standard InChI is InChI=1S/C6H6O3.3ClH.Fe/c1-4-6(8)5(7)2-3-9-4;;;;/h2-3,8H,1H3;3*1H;/q;;;;+3/p-3. The molecule has 0 radical (unpaired) electrons. The first-order chi connectivity index (χ1) is 5.95. The second kappa shape index (κ2) is 6.57. The molecule has 1 aromatic heterocycles. The van der Waals surface area contributed by atoms with Crippen LogP contribution in [0, 0.1) is 6.92 Å². The van der Waals surface area contributed by atoms with Gasteiger partial charge >= 0.3 is 41.5 Å². The minimum atomic E-state index is -1.33. The number of hydrogen-bond donors (Lipinski definition) is 1. The van der Waals surface area contributed by atoms with Crippen molar-refractivity contribution in [1.82, 2.24) is 0 Å². The van der Waals surface area contributed by atoms with Crippen LogP contribution >= 0.6 is 30.3 Å². The summed E-state index contributed by atoms with van der Waals surface area (Å²) in [5, 5.41) is 8.80. The third-order valence-corrected chi connectivity index (χ3v) is 1.03. The topological polar surface area (TPSA) is 50.4 Å². The summed E-state index contributed by atoms with van der Waals surface area (Å²) >= 11 is -1.33. The van der Waals surface area contributed by atoms with E-state index in [0.29, 0.717) is 0 Å². The van der Waals surface area contributed by atoms with E-state index < -0.39 is 16.6 Å². The Hall–Kier alpha value is 0.139. The normalized spacial score (nSPS) is 10.0. The predicted molar refractivity (Wildman–Crippen MR) is 48.9 cm³/mol. The number of aromatic hydroxyl groups is 1. The van der Waals surface area contributed by atoms with Gasteiger partial charge in [-0.2, -0.15) is 0 Å². The van der Waals surface area contributed by atoms with Gasteiger partial charge in [-0.25, -0.2) is 0 Å². The molecule has 0 aromatic carbocycles. The summed E-state index contributed by atoms with van der Waals surface area (Å²) < 4.78 is 4.69. The van der Waals surface area contributed by atoms with Crippen molar-refractivity contribution in [2.45, 2.75) is 6.92 Å². The molecule has 13 heavy (non-hydrogen) atoms. The fourth-order valence-electron chi connectivity index (χ4n) is 0.506. The monoisotopic (exact) mass is 287 g/mol. The van der Waals surface area contributed by atoms with Crippen molar-refractivity contribution in [1.29, 1.82) is 0 Å². The van der Waals surface area contributed by atoms with E-state index in [4.69, 9.17) is 35.4 Å². The second-order valence-corrected chi connectivity index (χ2v) is 7.31. The molecule has 0 atom stereocenters. The molecule has 77 valence electrons. The van der Waals surface area contributed by atoms with E-state index in [1.54, 1.807) is 0 Å². The Kier molecular flexibility index (Phi) is 6.64. The summed E-state index contributed by atoms with van der Waals surface area (Å²) in [5.41, 5.74) is -0.404. The molecule has 0 aliphatic carbocycles. The SMILES string of the molecule is Cc1occc(=O)c1O.[Cl][Fe]([Cl])[Cl]. The van der Waals surface area contributed by atoms with Gasteiger partial charge in [-0.05, 0) is 6.92 Å². The zero-order valence-corrected chi connectivity index (χ0v) is 9.78. The maximum absolute atomic E-state index is 10.5. The Morgan fingerprint density at radius 1 is 1.46 bits per heavy atom. The summed E-state index contributed by atoms with van der Waals surface area (Å²) in [7, 11) is 14.7. The summed E-state index contributed by atoms with van der Waals surface area (Å²) in [6.45, 7) is 1.52. The number of rotatable bonds is 0. The van der Waals surface area contributed by atoms with E-state index in [-0.39, 0.29) is 11.5 Å². The van der Waals surface area contributed by atoms with Gasteiger partial charge in [0.15, 0.2) is 0 Å². The Labute approximate surface area is 91.8 Å². The van der Waals surface area contributed by atoms with E-state index in [2.05, 4.69) is 4.42 Å². The van der Waals surface area contributed by atoms with E-state index in [1.807, 2.05) is 0 Å². The summed E-state index contributed by atoms with van der Waals surface area (Å²) in [5.74, 6) is -0.0556. The molecule has 0 aliphatic heterocycles. The van der Waals surface area contributed by atoms with E-state index in [9.17, 15) is 4.79 Å². The van der Waals surface area contributed by atoms with E-state index in [1.165, 1.54) is 19.3 Å². The van der Waals surface area contributed by atoms with Crippen molar-refractivity contribution in [3.8, 4) is 5.75 Å². The minimum absolute atomic E-state index is 0.252. The fraction of sp³-hybridized carbons (Fsp3) is 0.167. The van der Waals surface area contributed by atoms with Crippen LogP contribution in [0.3, 0.4) is 0 Å². The number of hydrogen-bond acceptors (Lipinski definition) is 3. The van der Waals surface area contributed by atoms with Crippen molar-refractivity contribution in [2.75, 3.05) is 0 Å². The first-order valence-electron chi connectivity index (χ1n) is 2.89. The van der Waals surface area contributed by atoms with Crippen LogP contribution < -0.4 is 5.43 Å². The zero-order chi connectivity index (χ0) is 10.4. The van der Waals surface area contributed by atoms with Crippen molar-refractivity contribution in [2.24, 2.45) is 0 Å². The summed E-state index contributed by atoms with van der Waals surface area (Å²) in [6, 6.07) is 1.17. The summed E-state index contributed by atoms with van der Waals surface area (Å²) in [6.07, 6.45) is 1.25. The maximum atomic E-state index is 10.5. The van der Waals surface area contributed by atoms with Crippen LogP contribution in [0.2, 0.25) is 0 Å². The Morgan fingerprint density at radius 3 is 2.23 bits per heavy atom. The molecule has 0 saturated heterocycles. The number of aryl methyl sites for hydroxylation is 1.